The summed E-state index contributed by atoms with van der Waals surface area (Å²) in [5.74, 6) is 0.676. The molecule has 0 amide bonds. The third-order valence-electron chi connectivity index (χ3n) is 3.48. The van der Waals surface area contributed by atoms with Crippen LogP contribution < -0.4 is 5.73 Å². The van der Waals surface area contributed by atoms with Gasteiger partial charge in [-0.25, -0.2) is 4.68 Å². The first kappa shape index (κ1) is 11.3. The van der Waals surface area contributed by atoms with E-state index in [4.69, 9.17) is 10.5 Å². The largest absolute Gasteiger partial charge is 0.382 e. The third kappa shape index (κ3) is 1.69. The van der Waals surface area contributed by atoms with Crippen molar-refractivity contribution in [3.63, 3.8) is 0 Å². The molecular weight excluding hydrogens is 226 g/mol. The number of ether oxygens (including phenoxy) is 1. The normalized spacial score (nSPS) is 13.8. The highest BCUT2D eigenvalue weighted by molar-refractivity contribution is 5.51. The van der Waals surface area contributed by atoms with Crippen molar-refractivity contribution >= 4 is 5.82 Å². The van der Waals surface area contributed by atoms with Gasteiger partial charge in [0.1, 0.15) is 5.82 Å². The number of para-hydroxylation sites is 1. The van der Waals surface area contributed by atoms with Crippen LogP contribution in [0.4, 0.5) is 5.82 Å². The van der Waals surface area contributed by atoms with Crippen molar-refractivity contribution < 1.29 is 4.74 Å². The highest BCUT2D eigenvalue weighted by Crippen LogP contribution is 2.30. The minimum absolute atomic E-state index is 0.588. The molecule has 1 heterocycles. The number of nitrogen functional groups attached to an aromatic ring is 1. The summed E-state index contributed by atoms with van der Waals surface area (Å²) in [6.07, 6.45) is 3.28. The van der Waals surface area contributed by atoms with Gasteiger partial charge in [-0.15, -0.1) is 0 Å². The molecule has 1 aromatic heterocycles. The lowest BCUT2D eigenvalue weighted by molar-refractivity contribution is 0.184. The third-order valence-corrected chi connectivity index (χ3v) is 3.48. The summed E-state index contributed by atoms with van der Waals surface area (Å²) in [6, 6.07) is 8.18. The fraction of sp³-hybridized carbons (Fsp3) is 0.357. The Balaban J connectivity index is 2.13. The Morgan fingerprint density at radius 1 is 1.33 bits per heavy atom. The molecule has 4 nitrogen and oxygen atoms in total. The van der Waals surface area contributed by atoms with E-state index in [1.165, 1.54) is 17.7 Å². The maximum atomic E-state index is 5.99. The number of fused-ring (bicyclic) bond motifs is 1. The zero-order valence-electron chi connectivity index (χ0n) is 10.5. The van der Waals surface area contributed by atoms with Crippen molar-refractivity contribution in [3.8, 4) is 5.69 Å². The van der Waals surface area contributed by atoms with E-state index in [0.717, 1.165) is 24.1 Å². The molecule has 0 saturated heterocycles. The van der Waals surface area contributed by atoms with E-state index in [9.17, 15) is 0 Å². The van der Waals surface area contributed by atoms with Crippen LogP contribution in [0, 0.1) is 0 Å². The molecule has 4 heteroatoms. The first-order valence-corrected chi connectivity index (χ1v) is 6.24. The predicted molar refractivity (Wildman–Crippen MR) is 70.7 cm³/mol. The van der Waals surface area contributed by atoms with Crippen LogP contribution in [0.5, 0.6) is 0 Å². The molecule has 0 spiro atoms. The van der Waals surface area contributed by atoms with Crippen LogP contribution in [0.15, 0.2) is 24.3 Å². The number of nitrogens with zero attached hydrogens (tertiary/aromatic N) is 2. The molecule has 0 saturated carbocycles. The second kappa shape index (κ2) is 4.46. The topological polar surface area (TPSA) is 53.1 Å². The van der Waals surface area contributed by atoms with Crippen LogP contribution >= 0.6 is 0 Å². The molecule has 1 aliphatic carbocycles. The Morgan fingerprint density at radius 2 is 2.17 bits per heavy atom. The molecule has 18 heavy (non-hydrogen) atoms. The predicted octanol–water partition coefficient (Wildman–Crippen LogP) is 2.09. The maximum Gasteiger partial charge on any atom is 0.149 e. The smallest absolute Gasteiger partial charge is 0.149 e. The number of hydrogen-bond acceptors (Lipinski definition) is 3. The molecule has 3 rings (SSSR count). The number of anilines is 1. The highest BCUT2D eigenvalue weighted by atomic mass is 16.5. The molecule has 94 valence electrons. The van der Waals surface area contributed by atoms with Gasteiger partial charge in [-0.2, -0.15) is 5.10 Å². The van der Waals surface area contributed by atoms with Gasteiger partial charge in [0.25, 0.3) is 0 Å². The molecule has 0 bridgehead atoms. The van der Waals surface area contributed by atoms with Gasteiger partial charge in [0, 0.05) is 23.9 Å². The van der Waals surface area contributed by atoms with E-state index in [2.05, 4.69) is 17.2 Å². The molecule has 0 radical (unpaired) electrons. The molecule has 0 aliphatic heterocycles. The van der Waals surface area contributed by atoms with Crippen LogP contribution in [-0.2, 0) is 24.2 Å². The van der Waals surface area contributed by atoms with Crippen molar-refractivity contribution in [1.82, 2.24) is 9.78 Å². The van der Waals surface area contributed by atoms with Crippen LogP contribution in [0.25, 0.3) is 5.69 Å². The zero-order valence-corrected chi connectivity index (χ0v) is 10.5. The number of nitrogens with two attached hydrogens (primary N) is 1. The van der Waals surface area contributed by atoms with Gasteiger partial charge >= 0.3 is 0 Å². The summed E-state index contributed by atoms with van der Waals surface area (Å²) in [6.45, 7) is 0.588. The number of aromatic nitrogens is 2. The lowest BCUT2D eigenvalue weighted by atomic mass is 10.2. The molecule has 0 fully saturated rings. The first-order chi connectivity index (χ1) is 8.81. The maximum absolute atomic E-state index is 5.99. The molecule has 0 atom stereocenters. The molecule has 1 aromatic carbocycles. The average Bonchev–Trinajstić information content (AvgIpc) is 2.95. The Kier molecular flexibility index (Phi) is 2.80. The van der Waals surface area contributed by atoms with E-state index in [0.29, 0.717) is 12.4 Å². The fourth-order valence-electron chi connectivity index (χ4n) is 2.66. The number of methoxy groups -OCH3 is 1. The standard InChI is InChI=1S/C14H17N3O/c1-18-9-10-5-2-3-7-12(10)17-13-8-4-6-11(13)14(15)16-17/h2-3,5,7H,4,6,8-9H2,1H3,(H2,15,16). The van der Waals surface area contributed by atoms with Crippen LogP contribution in [0.2, 0.25) is 0 Å². The summed E-state index contributed by atoms with van der Waals surface area (Å²) >= 11 is 0. The monoisotopic (exact) mass is 243 g/mol. The van der Waals surface area contributed by atoms with Gasteiger partial charge in [0.15, 0.2) is 0 Å². The summed E-state index contributed by atoms with van der Waals surface area (Å²) in [7, 11) is 1.71. The lowest BCUT2D eigenvalue weighted by Gasteiger charge is -2.10. The quantitative estimate of drug-likeness (QED) is 0.898. The van der Waals surface area contributed by atoms with E-state index in [1.807, 2.05) is 16.8 Å². The van der Waals surface area contributed by atoms with Crippen molar-refractivity contribution in [1.29, 1.82) is 0 Å². The SMILES string of the molecule is COCc1ccccc1-n1nc(N)c2c1CCC2. The van der Waals surface area contributed by atoms with Crippen molar-refractivity contribution in [2.45, 2.75) is 25.9 Å². The van der Waals surface area contributed by atoms with Gasteiger partial charge < -0.3 is 10.5 Å². The zero-order chi connectivity index (χ0) is 12.5. The second-order valence-corrected chi connectivity index (χ2v) is 4.64. The Bertz CT molecular complexity index is 574. The average molecular weight is 243 g/mol. The van der Waals surface area contributed by atoms with Gasteiger partial charge in [-0.05, 0) is 25.3 Å². The van der Waals surface area contributed by atoms with Crippen molar-refractivity contribution in [2.75, 3.05) is 12.8 Å². The van der Waals surface area contributed by atoms with Crippen LogP contribution in [0.1, 0.15) is 23.2 Å². The Labute approximate surface area is 106 Å². The summed E-state index contributed by atoms with van der Waals surface area (Å²) in [5.41, 5.74) is 10.7. The molecule has 2 aromatic rings. The minimum atomic E-state index is 0.588. The van der Waals surface area contributed by atoms with Crippen molar-refractivity contribution in [3.05, 3.63) is 41.1 Å². The molecule has 0 unspecified atom stereocenters. The summed E-state index contributed by atoms with van der Waals surface area (Å²) in [5, 5.41) is 4.48. The molecular formula is C14H17N3O. The van der Waals surface area contributed by atoms with Gasteiger partial charge in [0.05, 0.1) is 12.3 Å². The highest BCUT2D eigenvalue weighted by Gasteiger charge is 2.22. The van der Waals surface area contributed by atoms with Gasteiger partial charge in [-0.3, -0.25) is 0 Å². The Hall–Kier alpha value is -1.81. The number of hydrogen-bond donors (Lipinski definition) is 1. The first-order valence-electron chi connectivity index (χ1n) is 6.24. The van der Waals surface area contributed by atoms with E-state index >= 15 is 0 Å². The number of rotatable bonds is 3. The summed E-state index contributed by atoms with van der Waals surface area (Å²) < 4.78 is 7.24. The van der Waals surface area contributed by atoms with Gasteiger partial charge in [-0.1, -0.05) is 18.2 Å². The Morgan fingerprint density at radius 3 is 3.00 bits per heavy atom. The van der Waals surface area contributed by atoms with Crippen LogP contribution in [-0.4, -0.2) is 16.9 Å². The summed E-state index contributed by atoms with van der Waals surface area (Å²) in [4.78, 5) is 0. The van der Waals surface area contributed by atoms with Gasteiger partial charge in [0.2, 0.25) is 0 Å². The number of benzene rings is 1. The molecule has 1 aliphatic rings. The second-order valence-electron chi connectivity index (χ2n) is 4.64. The minimum Gasteiger partial charge on any atom is -0.382 e. The van der Waals surface area contributed by atoms with E-state index in [1.54, 1.807) is 7.11 Å². The van der Waals surface area contributed by atoms with E-state index < -0.39 is 0 Å². The fourth-order valence-corrected chi connectivity index (χ4v) is 2.66. The van der Waals surface area contributed by atoms with E-state index in [-0.39, 0.29) is 0 Å². The molecule has 2 N–H and O–H groups in total. The lowest BCUT2D eigenvalue weighted by Crippen LogP contribution is -2.05. The van der Waals surface area contributed by atoms with Crippen LogP contribution in [0.3, 0.4) is 0 Å². The van der Waals surface area contributed by atoms with Crippen molar-refractivity contribution in [2.24, 2.45) is 0 Å².